The molecule has 44 heavy (non-hydrogen) atoms. The van der Waals surface area contributed by atoms with Crippen LogP contribution >= 0.6 is 0 Å². The Hall–Kier alpha value is -4.58. The first kappa shape index (κ1) is 32.3. The number of aromatic carboxylic acids is 1. The summed E-state index contributed by atoms with van der Waals surface area (Å²) in [5.74, 6) is 0.0626. The van der Waals surface area contributed by atoms with E-state index in [0.717, 1.165) is 22.9 Å². The Balaban J connectivity index is 1.29. The van der Waals surface area contributed by atoms with Gasteiger partial charge in [-0.05, 0) is 58.7 Å². The number of hydrogen-bond donors (Lipinski definition) is 4. The van der Waals surface area contributed by atoms with Gasteiger partial charge >= 0.3 is 5.97 Å². The van der Waals surface area contributed by atoms with Crippen molar-refractivity contribution in [3.05, 3.63) is 108 Å². The Labute approximate surface area is 257 Å². The highest BCUT2D eigenvalue weighted by atomic mass is 32.2. The fraction of sp³-hybridized carbons (Fsp3) is 0.242. The zero-order valence-corrected chi connectivity index (χ0v) is 25.7. The summed E-state index contributed by atoms with van der Waals surface area (Å²) in [6.07, 6.45) is 0.170. The Morgan fingerprint density at radius 2 is 1.61 bits per heavy atom. The van der Waals surface area contributed by atoms with Crippen molar-refractivity contribution >= 4 is 27.4 Å². The smallest absolute Gasteiger partial charge is 0.337 e. The van der Waals surface area contributed by atoms with Gasteiger partial charge in [0.2, 0.25) is 10.0 Å². The molecule has 0 aliphatic rings. The van der Waals surface area contributed by atoms with E-state index in [1.807, 2.05) is 74.8 Å². The number of sulfonamides is 1. The Kier molecular flexibility index (Phi) is 10.8. The Morgan fingerprint density at radius 1 is 0.909 bits per heavy atom. The highest BCUT2D eigenvalue weighted by molar-refractivity contribution is 7.92. The van der Waals surface area contributed by atoms with Crippen molar-refractivity contribution in [1.82, 2.24) is 5.32 Å². The van der Waals surface area contributed by atoms with E-state index in [1.54, 1.807) is 35.2 Å². The molecule has 0 saturated heterocycles. The monoisotopic (exact) mass is 619 g/mol. The lowest BCUT2D eigenvalue weighted by Crippen LogP contribution is -2.26. The first-order valence-electron chi connectivity index (χ1n) is 14.0. The Bertz CT molecular complexity index is 1660. The van der Waals surface area contributed by atoms with E-state index in [0.29, 0.717) is 35.9 Å². The van der Waals surface area contributed by atoms with Gasteiger partial charge < -0.3 is 29.9 Å². The van der Waals surface area contributed by atoms with E-state index in [-0.39, 0.29) is 24.4 Å². The first-order chi connectivity index (χ1) is 21.0. The van der Waals surface area contributed by atoms with E-state index in [4.69, 9.17) is 9.47 Å². The standard InChI is InChI=1S/C33H37N3O7S/c1-36(2)30-20-25(11-15-28(30)33(38)39)24-9-13-27(14-10-24)42-18-17-34-21-31(37)26-12-16-32(29(19-26)35-44(3,40)41)43-22-23-7-5-4-6-8-23/h4-16,19-20,31,34-35,37H,17-18,21-22H2,1-3H3,(H,38,39). The van der Waals surface area contributed by atoms with Gasteiger partial charge in [-0.1, -0.05) is 54.6 Å². The molecule has 0 aromatic heterocycles. The number of hydrogen-bond acceptors (Lipinski definition) is 8. The molecule has 0 aliphatic carbocycles. The molecule has 0 radical (unpaired) electrons. The molecule has 1 unspecified atom stereocenters. The third-order valence-electron chi connectivity index (χ3n) is 6.70. The number of ether oxygens (including phenoxy) is 2. The predicted molar refractivity (Wildman–Crippen MR) is 172 cm³/mol. The SMILES string of the molecule is CN(C)c1cc(-c2ccc(OCCNCC(O)c3ccc(OCc4ccccc4)c(NS(C)(=O)=O)c3)cc2)ccc1C(=O)O. The van der Waals surface area contributed by atoms with Gasteiger partial charge in [-0.25, -0.2) is 13.2 Å². The maximum absolute atomic E-state index is 12.0. The molecule has 0 heterocycles. The molecule has 1 atom stereocenters. The van der Waals surface area contributed by atoms with Crippen molar-refractivity contribution in [2.24, 2.45) is 0 Å². The van der Waals surface area contributed by atoms with Gasteiger partial charge in [-0.3, -0.25) is 4.72 Å². The van der Waals surface area contributed by atoms with Gasteiger partial charge in [-0.15, -0.1) is 0 Å². The first-order valence-corrected chi connectivity index (χ1v) is 15.8. The molecule has 4 aromatic rings. The summed E-state index contributed by atoms with van der Waals surface area (Å²) >= 11 is 0. The number of anilines is 2. The number of carboxylic acid groups (broad SMARTS) is 1. The zero-order valence-electron chi connectivity index (χ0n) is 24.9. The molecule has 11 heteroatoms. The van der Waals surface area contributed by atoms with Crippen molar-refractivity contribution in [3.8, 4) is 22.6 Å². The summed E-state index contributed by atoms with van der Waals surface area (Å²) in [4.78, 5) is 13.3. The van der Waals surface area contributed by atoms with Crippen molar-refractivity contribution in [1.29, 1.82) is 0 Å². The highest BCUT2D eigenvalue weighted by Crippen LogP contribution is 2.31. The van der Waals surface area contributed by atoms with Crippen LogP contribution in [0.5, 0.6) is 11.5 Å². The molecular weight excluding hydrogens is 582 g/mol. The minimum Gasteiger partial charge on any atom is -0.492 e. The summed E-state index contributed by atoms with van der Waals surface area (Å²) in [6.45, 7) is 1.32. The Morgan fingerprint density at radius 3 is 2.27 bits per heavy atom. The van der Waals surface area contributed by atoms with Crippen LogP contribution in [0.2, 0.25) is 0 Å². The molecule has 0 amide bonds. The molecule has 232 valence electrons. The van der Waals surface area contributed by atoms with Crippen LogP contribution in [0.15, 0.2) is 91.0 Å². The minimum atomic E-state index is -3.57. The van der Waals surface area contributed by atoms with Crippen LogP contribution in [-0.4, -0.2) is 64.6 Å². The molecule has 4 rings (SSSR count). The minimum absolute atomic E-state index is 0.228. The highest BCUT2D eigenvalue weighted by Gasteiger charge is 2.15. The number of aliphatic hydroxyl groups excluding tert-OH is 1. The van der Waals surface area contributed by atoms with Gasteiger partial charge in [-0.2, -0.15) is 0 Å². The molecule has 0 spiro atoms. The van der Waals surface area contributed by atoms with E-state index < -0.39 is 22.1 Å². The normalized spacial score (nSPS) is 11.9. The van der Waals surface area contributed by atoms with E-state index in [1.165, 1.54) is 0 Å². The second-order valence-electron chi connectivity index (χ2n) is 10.4. The van der Waals surface area contributed by atoms with Crippen molar-refractivity contribution in [2.75, 3.05) is 49.7 Å². The van der Waals surface area contributed by atoms with Gasteiger partial charge in [0.1, 0.15) is 24.7 Å². The summed E-state index contributed by atoms with van der Waals surface area (Å²) in [5, 5.41) is 23.3. The van der Waals surface area contributed by atoms with Gasteiger partial charge in [0.25, 0.3) is 0 Å². The van der Waals surface area contributed by atoms with Crippen LogP contribution in [0, 0.1) is 0 Å². The third-order valence-corrected chi connectivity index (χ3v) is 7.29. The maximum Gasteiger partial charge on any atom is 0.337 e. The second kappa shape index (κ2) is 14.7. The van der Waals surface area contributed by atoms with Crippen molar-refractivity contribution in [3.63, 3.8) is 0 Å². The molecule has 10 nitrogen and oxygen atoms in total. The van der Waals surface area contributed by atoms with Crippen LogP contribution in [0.25, 0.3) is 11.1 Å². The van der Waals surface area contributed by atoms with Gasteiger partial charge in [0, 0.05) is 27.2 Å². The van der Waals surface area contributed by atoms with Crippen LogP contribution in [0.3, 0.4) is 0 Å². The lowest BCUT2D eigenvalue weighted by atomic mass is 10.0. The predicted octanol–water partition coefficient (Wildman–Crippen LogP) is 4.77. The quantitative estimate of drug-likeness (QED) is 0.139. The maximum atomic E-state index is 12.0. The van der Waals surface area contributed by atoms with Crippen LogP contribution in [-0.2, 0) is 16.6 Å². The summed E-state index contributed by atoms with van der Waals surface area (Å²) in [5.41, 5.74) is 4.41. The van der Waals surface area contributed by atoms with Crippen LogP contribution in [0.4, 0.5) is 11.4 Å². The van der Waals surface area contributed by atoms with E-state index in [9.17, 15) is 23.4 Å². The number of nitrogens with one attached hydrogen (secondary N) is 2. The second-order valence-corrected chi connectivity index (χ2v) is 12.2. The summed E-state index contributed by atoms with van der Waals surface area (Å²) < 4.78 is 38.1. The fourth-order valence-corrected chi connectivity index (χ4v) is 5.06. The average molecular weight is 620 g/mol. The molecule has 0 aliphatic heterocycles. The number of carbonyl (C=O) groups is 1. The lowest BCUT2D eigenvalue weighted by molar-refractivity contribution is 0.0697. The molecule has 0 fully saturated rings. The molecular formula is C33H37N3O7S. The number of nitrogens with zero attached hydrogens (tertiary/aromatic N) is 1. The number of carboxylic acids is 1. The molecule has 4 N–H and O–H groups in total. The molecule has 0 saturated carbocycles. The van der Waals surface area contributed by atoms with Crippen LogP contribution in [0.1, 0.15) is 27.6 Å². The number of aliphatic hydroxyl groups is 1. The van der Waals surface area contributed by atoms with Crippen molar-refractivity contribution in [2.45, 2.75) is 12.7 Å². The van der Waals surface area contributed by atoms with E-state index >= 15 is 0 Å². The summed E-state index contributed by atoms with van der Waals surface area (Å²) in [6, 6.07) is 27.2. The summed E-state index contributed by atoms with van der Waals surface area (Å²) in [7, 11) is 0.0430. The fourth-order valence-electron chi connectivity index (χ4n) is 4.50. The van der Waals surface area contributed by atoms with Crippen molar-refractivity contribution < 1.29 is 32.9 Å². The zero-order chi connectivity index (χ0) is 31.7. The molecule has 0 bridgehead atoms. The topological polar surface area (TPSA) is 137 Å². The third kappa shape index (κ3) is 9.21. The number of rotatable bonds is 15. The average Bonchev–Trinajstić information content (AvgIpc) is 2.99. The van der Waals surface area contributed by atoms with Gasteiger partial charge in [0.15, 0.2) is 0 Å². The largest absolute Gasteiger partial charge is 0.492 e. The lowest BCUT2D eigenvalue weighted by Gasteiger charge is -2.17. The van der Waals surface area contributed by atoms with Crippen LogP contribution < -0.4 is 24.4 Å². The van der Waals surface area contributed by atoms with E-state index in [2.05, 4.69) is 10.0 Å². The van der Waals surface area contributed by atoms with Gasteiger partial charge in [0.05, 0.1) is 29.3 Å². The molecule has 4 aromatic carbocycles. The number of benzene rings is 4.